The number of carbonyl (C=O) groups is 1. The average Bonchev–Trinajstić information content (AvgIpc) is 2.66. The normalized spacial score (nSPS) is 21.7. The highest BCUT2D eigenvalue weighted by molar-refractivity contribution is 7.17. The van der Waals surface area contributed by atoms with Crippen molar-refractivity contribution in [3.63, 3.8) is 0 Å². The Morgan fingerprint density at radius 3 is 3.13 bits per heavy atom. The molecule has 1 fully saturated rings. The predicted molar refractivity (Wildman–Crippen MR) is 59.7 cm³/mol. The Kier molecular flexibility index (Phi) is 3.02. The van der Waals surface area contributed by atoms with Gasteiger partial charge in [0.2, 0.25) is 0 Å². The van der Waals surface area contributed by atoms with Crippen LogP contribution in [0.3, 0.4) is 0 Å². The van der Waals surface area contributed by atoms with Crippen molar-refractivity contribution >= 4 is 22.3 Å². The van der Waals surface area contributed by atoms with Crippen LogP contribution in [0.5, 0.6) is 0 Å². The van der Waals surface area contributed by atoms with Gasteiger partial charge in [0.1, 0.15) is 0 Å². The zero-order valence-electron chi connectivity index (χ0n) is 8.90. The fraction of sp³-hybridized carbons (Fsp3) is 0.600. The van der Waals surface area contributed by atoms with E-state index in [4.69, 9.17) is 4.74 Å². The lowest BCUT2D eigenvalue weighted by molar-refractivity contribution is 0.0532. The summed E-state index contributed by atoms with van der Waals surface area (Å²) in [6, 6.07) is 0. The first-order valence-electron chi connectivity index (χ1n) is 5.00. The molecule has 0 saturated carbocycles. The quantitative estimate of drug-likeness (QED) is 0.718. The molecule has 2 rings (SSSR count). The molecule has 1 unspecified atom stereocenters. The van der Waals surface area contributed by atoms with Crippen LogP contribution in [0.15, 0.2) is 6.20 Å². The number of aromatic nitrogens is 1. The Bertz CT molecular complexity index is 364. The highest BCUT2D eigenvalue weighted by atomic mass is 32.1. The third-order valence-corrected chi connectivity index (χ3v) is 3.51. The number of thiazole rings is 1. The largest absolute Gasteiger partial charge is 0.375 e. The van der Waals surface area contributed by atoms with E-state index >= 15 is 0 Å². The summed E-state index contributed by atoms with van der Waals surface area (Å²) in [4.78, 5) is 18.3. The molecular formula is C10H14N2O2S. The number of Topliss-reactive ketones (excluding diaryl/α,β-unsaturated/α-hetero) is 1. The van der Waals surface area contributed by atoms with Crippen LogP contribution in [-0.2, 0) is 4.74 Å². The minimum absolute atomic E-state index is 0.0834. The summed E-state index contributed by atoms with van der Waals surface area (Å²) < 4.78 is 5.45. The molecule has 1 atom stereocenters. The second-order valence-corrected chi connectivity index (χ2v) is 4.70. The molecule has 1 aromatic heterocycles. The number of morpholine rings is 1. The Morgan fingerprint density at radius 1 is 1.73 bits per heavy atom. The first-order valence-corrected chi connectivity index (χ1v) is 5.82. The Hall–Kier alpha value is -0.940. The molecule has 5 heteroatoms. The highest BCUT2D eigenvalue weighted by Gasteiger charge is 2.19. The number of hydrogen-bond donors (Lipinski definition) is 0. The third-order valence-electron chi connectivity index (χ3n) is 2.35. The van der Waals surface area contributed by atoms with Crippen LogP contribution in [0.4, 0.5) is 5.13 Å². The van der Waals surface area contributed by atoms with Crippen molar-refractivity contribution in [3.05, 3.63) is 11.1 Å². The molecule has 82 valence electrons. The lowest BCUT2D eigenvalue weighted by Gasteiger charge is -2.30. The molecule has 0 spiro atoms. The summed E-state index contributed by atoms with van der Waals surface area (Å²) in [6.07, 6.45) is 1.89. The Labute approximate surface area is 92.9 Å². The van der Waals surface area contributed by atoms with Crippen molar-refractivity contribution < 1.29 is 9.53 Å². The van der Waals surface area contributed by atoms with Gasteiger partial charge in [0, 0.05) is 20.0 Å². The highest BCUT2D eigenvalue weighted by Crippen LogP contribution is 2.24. The summed E-state index contributed by atoms with van der Waals surface area (Å²) >= 11 is 1.46. The van der Waals surface area contributed by atoms with Crippen LogP contribution in [-0.4, -0.2) is 36.6 Å². The first kappa shape index (κ1) is 10.6. The number of carbonyl (C=O) groups excluding carboxylic acids is 1. The van der Waals surface area contributed by atoms with Crippen molar-refractivity contribution in [2.45, 2.75) is 20.0 Å². The van der Waals surface area contributed by atoms with Gasteiger partial charge in [0.05, 0.1) is 23.8 Å². The van der Waals surface area contributed by atoms with Gasteiger partial charge in [-0.2, -0.15) is 0 Å². The van der Waals surface area contributed by atoms with Gasteiger partial charge < -0.3 is 9.64 Å². The molecule has 1 aliphatic heterocycles. The van der Waals surface area contributed by atoms with Gasteiger partial charge in [0.15, 0.2) is 10.9 Å². The topological polar surface area (TPSA) is 42.4 Å². The monoisotopic (exact) mass is 226 g/mol. The van der Waals surface area contributed by atoms with Crippen LogP contribution in [0.1, 0.15) is 23.5 Å². The SMILES string of the molecule is CC(=O)c1cnc(N2CCOC(C)C2)s1. The van der Waals surface area contributed by atoms with Crippen LogP contribution >= 0.6 is 11.3 Å². The molecule has 0 N–H and O–H groups in total. The molecule has 0 aliphatic carbocycles. The van der Waals surface area contributed by atoms with Crippen LogP contribution in [0.25, 0.3) is 0 Å². The number of ketones is 1. The van der Waals surface area contributed by atoms with E-state index in [2.05, 4.69) is 9.88 Å². The van der Waals surface area contributed by atoms with E-state index < -0.39 is 0 Å². The van der Waals surface area contributed by atoms with E-state index in [0.29, 0.717) is 0 Å². The van der Waals surface area contributed by atoms with Crippen LogP contribution in [0, 0.1) is 0 Å². The van der Waals surface area contributed by atoms with E-state index in [1.807, 2.05) is 6.92 Å². The second kappa shape index (κ2) is 4.28. The number of nitrogens with zero attached hydrogens (tertiary/aromatic N) is 2. The van der Waals surface area contributed by atoms with Crippen molar-refractivity contribution in [1.29, 1.82) is 0 Å². The minimum Gasteiger partial charge on any atom is -0.375 e. The lowest BCUT2D eigenvalue weighted by atomic mass is 10.3. The van der Waals surface area contributed by atoms with Crippen molar-refractivity contribution in [2.24, 2.45) is 0 Å². The lowest BCUT2D eigenvalue weighted by Crippen LogP contribution is -2.41. The van der Waals surface area contributed by atoms with Gasteiger partial charge in [-0.3, -0.25) is 4.79 Å². The maximum atomic E-state index is 11.1. The fourth-order valence-corrected chi connectivity index (χ4v) is 2.41. The van der Waals surface area contributed by atoms with Crippen LogP contribution < -0.4 is 4.90 Å². The van der Waals surface area contributed by atoms with Gasteiger partial charge in [0.25, 0.3) is 0 Å². The summed E-state index contributed by atoms with van der Waals surface area (Å²) in [7, 11) is 0. The first-order chi connectivity index (χ1) is 7.16. The van der Waals surface area contributed by atoms with Crippen molar-refractivity contribution in [3.8, 4) is 0 Å². The standard InChI is InChI=1S/C10H14N2O2S/c1-7-6-12(3-4-14-7)10-11-5-9(15-10)8(2)13/h5,7H,3-4,6H2,1-2H3. The van der Waals surface area contributed by atoms with Gasteiger partial charge >= 0.3 is 0 Å². The molecule has 1 saturated heterocycles. The summed E-state index contributed by atoms with van der Waals surface area (Å²) in [6.45, 7) is 6.06. The fourth-order valence-electron chi connectivity index (χ4n) is 1.57. The van der Waals surface area contributed by atoms with Gasteiger partial charge in [-0.05, 0) is 6.92 Å². The molecular weight excluding hydrogens is 212 g/mol. The summed E-state index contributed by atoms with van der Waals surface area (Å²) in [5.41, 5.74) is 0. The molecule has 0 amide bonds. The number of rotatable bonds is 2. The summed E-state index contributed by atoms with van der Waals surface area (Å²) in [5.74, 6) is 0.0834. The number of hydrogen-bond acceptors (Lipinski definition) is 5. The van der Waals surface area contributed by atoms with Gasteiger partial charge in [-0.1, -0.05) is 11.3 Å². The van der Waals surface area contributed by atoms with Crippen molar-refractivity contribution in [2.75, 3.05) is 24.6 Å². The zero-order valence-corrected chi connectivity index (χ0v) is 9.71. The Morgan fingerprint density at radius 2 is 2.53 bits per heavy atom. The van der Waals surface area contributed by atoms with Crippen molar-refractivity contribution in [1.82, 2.24) is 4.98 Å². The Balaban J connectivity index is 2.11. The maximum absolute atomic E-state index is 11.1. The number of ether oxygens (including phenoxy) is 1. The summed E-state index contributed by atoms with van der Waals surface area (Å²) in [5, 5.41) is 0.926. The van der Waals surface area contributed by atoms with Gasteiger partial charge in [-0.25, -0.2) is 4.98 Å². The maximum Gasteiger partial charge on any atom is 0.186 e. The molecule has 0 bridgehead atoms. The molecule has 1 aliphatic rings. The second-order valence-electron chi connectivity index (χ2n) is 3.69. The van der Waals surface area contributed by atoms with E-state index in [9.17, 15) is 4.79 Å². The van der Waals surface area contributed by atoms with E-state index in [1.54, 1.807) is 13.1 Å². The molecule has 2 heterocycles. The molecule has 0 aromatic carbocycles. The van der Waals surface area contributed by atoms with Crippen LogP contribution in [0.2, 0.25) is 0 Å². The predicted octanol–water partition coefficient (Wildman–Crippen LogP) is 1.57. The molecule has 1 aromatic rings. The van der Waals surface area contributed by atoms with E-state index in [1.165, 1.54) is 11.3 Å². The average molecular weight is 226 g/mol. The number of anilines is 1. The smallest absolute Gasteiger partial charge is 0.186 e. The minimum atomic E-state index is 0.0834. The molecule has 4 nitrogen and oxygen atoms in total. The van der Waals surface area contributed by atoms with Gasteiger partial charge in [-0.15, -0.1) is 0 Å². The zero-order chi connectivity index (χ0) is 10.8. The molecule has 0 radical (unpaired) electrons. The molecule has 15 heavy (non-hydrogen) atoms. The van der Waals surface area contributed by atoms with E-state index in [0.717, 1.165) is 29.7 Å². The van der Waals surface area contributed by atoms with E-state index in [-0.39, 0.29) is 11.9 Å². The third kappa shape index (κ3) is 2.35.